The van der Waals surface area contributed by atoms with E-state index in [4.69, 9.17) is 11.6 Å². The lowest BCUT2D eigenvalue weighted by Gasteiger charge is -2.22. The van der Waals surface area contributed by atoms with E-state index in [1.807, 2.05) is 54.8 Å². The van der Waals surface area contributed by atoms with E-state index < -0.39 is 15.9 Å². The van der Waals surface area contributed by atoms with Crippen molar-refractivity contribution in [3.63, 3.8) is 0 Å². The SMILES string of the molecule is Cc1nc(-c2cccc(NC(=O)CN(Cc3ccc(Br)cc3)S(=O)(=O)c3ccc(Cl)cc3)c2)cs1. The first kappa shape index (κ1) is 25.5. The van der Waals surface area contributed by atoms with Crippen molar-refractivity contribution in [1.29, 1.82) is 0 Å². The molecular formula is C25H21BrClN3O3S2. The van der Waals surface area contributed by atoms with Crippen molar-refractivity contribution in [1.82, 2.24) is 9.29 Å². The summed E-state index contributed by atoms with van der Waals surface area (Å²) in [5.41, 5.74) is 3.00. The number of amides is 1. The number of benzene rings is 3. The maximum absolute atomic E-state index is 13.4. The number of nitrogens with zero attached hydrogens (tertiary/aromatic N) is 2. The first-order valence-corrected chi connectivity index (χ1v) is 14.0. The molecule has 0 aliphatic heterocycles. The topological polar surface area (TPSA) is 79.4 Å². The van der Waals surface area contributed by atoms with Crippen LogP contribution in [0.15, 0.2) is 87.5 Å². The van der Waals surface area contributed by atoms with Gasteiger partial charge in [-0.15, -0.1) is 11.3 Å². The van der Waals surface area contributed by atoms with Crippen molar-refractivity contribution in [2.24, 2.45) is 0 Å². The van der Waals surface area contributed by atoms with Crippen LogP contribution in [0, 0.1) is 6.92 Å². The van der Waals surface area contributed by atoms with Crippen LogP contribution >= 0.6 is 38.9 Å². The van der Waals surface area contributed by atoms with Gasteiger partial charge in [0.05, 0.1) is 22.1 Å². The predicted octanol–water partition coefficient (Wildman–Crippen LogP) is 6.36. The molecule has 0 fully saturated rings. The van der Waals surface area contributed by atoms with E-state index in [1.165, 1.54) is 24.3 Å². The molecule has 0 atom stereocenters. The van der Waals surface area contributed by atoms with Crippen molar-refractivity contribution in [2.45, 2.75) is 18.4 Å². The number of thiazole rings is 1. The predicted molar refractivity (Wildman–Crippen MR) is 144 cm³/mol. The number of aromatic nitrogens is 1. The Labute approximate surface area is 221 Å². The van der Waals surface area contributed by atoms with Gasteiger partial charge >= 0.3 is 0 Å². The van der Waals surface area contributed by atoms with Crippen LogP contribution in [0.2, 0.25) is 5.02 Å². The summed E-state index contributed by atoms with van der Waals surface area (Å²) in [5.74, 6) is -0.453. The number of hydrogen-bond donors (Lipinski definition) is 1. The van der Waals surface area contributed by atoms with Gasteiger partial charge < -0.3 is 5.32 Å². The number of anilines is 1. The molecule has 0 unspecified atom stereocenters. The smallest absolute Gasteiger partial charge is 0.243 e. The minimum atomic E-state index is -3.97. The summed E-state index contributed by atoms with van der Waals surface area (Å²) in [6, 6.07) is 20.5. The van der Waals surface area contributed by atoms with Gasteiger partial charge in [-0.3, -0.25) is 4.79 Å². The molecule has 1 amide bonds. The Kier molecular flexibility index (Phi) is 8.03. The molecule has 35 heavy (non-hydrogen) atoms. The van der Waals surface area contributed by atoms with Gasteiger partial charge in [0, 0.05) is 32.7 Å². The molecule has 0 radical (unpaired) electrons. The standard InChI is InChI=1S/C25H21BrClN3O3S2/c1-17-28-24(16-34-17)19-3-2-4-22(13-19)29-25(31)15-30(14-18-5-7-20(26)8-6-18)35(32,33)23-11-9-21(27)10-12-23/h2-13,16H,14-15H2,1H3,(H,29,31). The first-order chi connectivity index (χ1) is 16.7. The molecule has 4 rings (SSSR count). The van der Waals surface area contributed by atoms with Crippen LogP contribution in [0.4, 0.5) is 5.69 Å². The third-order valence-electron chi connectivity index (χ3n) is 5.10. The zero-order chi connectivity index (χ0) is 25.0. The molecule has 6 nitrogen and oxygen atoms in total. The molecular weight excluding hydrogens is 570 g/mol. The van der Waals surface area contributed by atoms with E-state index in [0.29, 0.717) is 10.7 Å². The summed E-state index contributed by atoms with van der Waals surface area (Å²) in [4.78, 5) is 17.5. The van der Waals surface area contributed by atoms with E-state index in [-0.39, 0.29) is 18.0 Å². The fraction of sp³-hybridized carbons (Fsp3) is 0.120. The molecule has 1 aromatic heterocycles. The second kappa shape index (κ2) is 11.0. The van der Waals surface area contributed by atoms with Crippen molar-refractivity contribution >= 4 is 60.5 Å². The van der Waals surface area contributed by atoms with Gasteiger partial charge in [-0.25, -0.2) is 13.4 Å². The summed E-state index contributed by atoms with van der Waals surface area (Å²) in [6.07, 6.45) is 0. The van der Waals surface area contributed by atoms with E-state index in [9.17, 15) is 13.2 Å². The van der Waals surface area contributed by atoms with Crippen molar-refractivity contribution in [2.75, 3.05) is 11.9 Å². The Bertz CT molecular complexity index is 1440. The highest BCUT2D eigenvalue weighted by molar-refractivity contribution is 9.10. The fourth-order valence-corrected chi connectivity index (χ4v) is 5.78. The minimum Gasteiger partial charge on any atom is -0.325 e. The number of hydrogen-bond acceptors (Lipinski definition) is 5. The third-order valence-corrected chi connectivity index (χ3v) is 8.46. The van der Waals surface area contributed by atoms with Crippen LogP contribution in [-0.2, 0) is 21.4 Å². The number of carbonyl (C=O) groups excluding carboxylic acids is 1. The van der Waals surface area contributed by atoms with Crippen LogP contribution < -0.4 is 5.32 Å². The van der Waals surface area contributed by atoms with Gasteiger partial charge in [-0.2, -0.15) is 4.31 Å². The molecule has 0 aliphatic carbocycles. The Morgan fingerprint density at radius 3 is 2.46 bits per heavy atom. The number of rotatable bonds is 8. The lowest BCUT2D eigenvalue weighted by molar-refractivity contribution is -0.116. The van der Waals surface area contributed by atoms with Crippen molar-refractivity contribution in [3.8, 4) is 11.3 Å². The molecule has 0 spiro atoms. The fourth-order valence-electron chi connectivity index (χ4n) is 3.39. The maximum Gasteiger partial charge on any atom is 0.243 e. The largest absolute Gasteiger partial charge is 0.325 e. The minimum absolute atomic E-state index is 0.0315. The van der Waals surface area contributed by atoms with Crippen LogP contribution in [0.3, 0.4) is 0 Å². The van der Waals surface area contributed by atoms with Gasteiger partial charge in [-0.05, 0) is 61.0 Å². The highest BCUT2D eigenvalue weighted by Crippen LogP contribution is 2.25. The maximum atomic E-state index is 13.4. The zero-order valence-corrected chi connectivity index (χ0v) is 22.6. The molecule has 0 saturated carbocycles. The normalized spacial score (nSPS) is 11.5. The summed E-state index contributed by atoms with van der Waals surface area (Å²) < 4.78 is 28.9. The Morgan fingerprint density at radius 2 is 1.80 bits per heavy atom. The zero-order valence-electron chi connectivity index (χ0n) is 18.6. The number of halogens is 2. The quantitative estimate of drug-likeness (QED) is 0.259. The van der Waals surface area contributed by atoms with Crippen LogP contribution in [0.25, 0.3) is 11.3 Å². The third kappa shape index (κ3) is 6.56. The average molecular weight is 591 g/mol. The first-order valence-electron chi connectivity index (χ1n) is 10.5. The molecule has 1 heterocycles. The van der Waals surface area contributed by atoms with Gasteiger partial charge in [0.25, 0.3) is 0 Å². The Morgan fingerprint density at radius 1 is 1.09 bits per heavy atom. The number of nitrogens with one attached hydrogen (secondary N) is 1. The molecule has 0 aliphatic rings. The van der Waals surface area contributed by atoms with Crippen LogP contribution in [0.1, 0.15) is 10.6 Å². The van der Waals surface area contributed by atoms with E-state index in [0.717, 1.165) is 30.6 Å². The number of aryl methyl sites for hydroxylation is 1. The monoisotopic (exact) mass is 589 g/mol. The van der Waals surface area contributed by atoms with E-state index in [2.05, 4.69) is 26.2 Å². The average Bonchev–Trinajstić information content (AvgIpc) is 3.27. The lowest BCUT2D eigenvalue weighted by Crippen LogP contribution is -2.37. The molecule has 0 bridgehead atoms. The lowest BCUT2D eigenvalue weighted by atomic mass is 10.1. The van der Waals surface area contributed by atoms with Gasteiger partial charge in [-0.1, -0.05) is 51.8 Å². The summed E-state index contributed by atoms with van der Waals surface area (Å²) in [6.45, 7) is 1.60. The number of carbonyl (C=O) groups is 1. The Balaban J connectivity index is 1.57. The van der Waals surface area contributed by atoms with Crippen LogP contribution in [-0.4, -0.2) is 30.2 Å². The van der Waals surface area contributed by atoms with E-state index in [1.54, 1.807) is 17.4 Å². The molecule has 3 aromatic carbocycles. The van der Waals surface area contributed by atoms with Crippen molar-refractivity contribution in [3.05, 3.63) is 98.2 Å². The highest BCUT2D eigenvalue weighted by atomic mass is 79.9. The molecule has 1 N–H and O–H groups in total. The Hall–Kier alpha value is -2.56. The summed E-state index contributed by atoms with van der Waals surface area (Å²) >= 11 is 10.9. The summed E-state index contributed by atoms with van der Waals surface area (Å²) in [5, 5.41) is 6.15. The molecule has 0 saturated heterocycles. The van der Waals surface area contributed by atoms with Gasteiger partial charge in [0.15, 0.2) is 0 Å². The number of sulfonamides is 1. The molecule has 4 aromatic rings. The van der Waals surface area contributed by atoms with Crippen LogP contribution in [0.5, 0.6) is 0 Å². The van der Waals surface area contributed by atoms with Gasteiger partial charge in [0.2, 0.25) is 15.9 Å². The highest BCUT2D eigenvalue weighted by Gasteiger charge is 2.27. The molecule has 10 heteroatoms. The van der Waals surface area contributed by atoms with E-state index >= 15 is 0 Å². The van der Waals surface area contributed by atoms with Crippen molar-refractivity contribution < 1.29 is 13.2 Å². The van der Waals surface area contributed by atoms with Gasteiger partial charge in [0.1, 0.15) is 0 Å². The summed E-state index contributed by atoms with van der Waals surface area (Å²) in [7, 11) is -3.97. The second-order valence-electron chi connectivity index (χ2n) is 7.73. The molecule has 180 valence electrons. The second-order valence-corrected chi connectivity index (χ2v) is 12.1.